The van der Waals surface area contributed by atoms with E-state index in [0.717, 1.165) is 12.1 Å². The molecule has 0 spiro atoms. The van der Waals surface area contributed by atoms with Gasteiger partial charge in [-0.2, -0.15) is 18.3 Å². The average molecular weight is 230 g/mol. The van der Waals surface area contributed by atoms with Gasteiger partial charge < -0.3 is 0 Å². The van der Waals surface area contributed by atoms with E-state index in [0.29, 0.717) is 0 Å². The number of hydrogen-bond acceptors (Lipinski definition) is 1. The van der Waals surface area contributed by atoms with Crippen LogP contribution in [0.3, 0.4) is 0 Å². The highest BCUT2D eigenvalue weighted by atomic mass is 19.4. The van der Waals surface area contributed by atoms with Gasteiger partial charge in [-0.3, -0.25) is 5.10 Å². The van der Waals surface area contributed by atoms with Crippen molar-refractivity contribution in [2.24, 2.45) is 0 Å². The third-order valence-electron chi connectivity index (χ3n) is 2.03. The van der Waals surface area contributed by atoms with E-state index in [-0.39, 0.29) is 11.3 Å². The van der Waals surface area contributed by atoms with Gasteiger partial charge in [-0.25, -0.2) is 4.39 Å². The summed E-state index contributed by atoms with van der Waals surface area (Å²) in [4.78, 5) is 0. The number of aromatic nitrogens is 2. The van der Waals surface area contributed by atoms with Crippen LogP contribution in [-0.4, -0.2) is 10.2 Å². The Balaban J connectivity index is 2.44. The number of alkyl halides is 3. The lowest BCUT2D eigenvalue weighted by Gasteiger charge is -2.00. The van der Waals surface area contributed by atoms with Crippen molar-refractivity contribution in [3.63, 3.8) is 0 Å². The van der Waals surface area contributed by atoms with Crippen LogP contribution in [0.5, 0.6) is 0 Å². The van der Waals surface area contributed by atoms with Gasteiger partial charge in [-0.05, 0) is 18.2 Å². The van der Waals surface area contributed by atoms with E-state index < -0.39 is 17.7 Å². The summed E-state index contributed by atoms with van der Waals surface area (Å²) in [6.45, 7) is 0. The lowest BCUT2D eigenvalue weighted by atomic mass is 10.1. The molecule has 0 saturated heterocycles. The van der Waals surface area contributed by atoms with Crippen molar-refractivity contribution in [2.75, 3.05) is 0 Å². The number of nitrogens with zero attached hydrogens (tertiary/aromatic N) is 1. The fourth-order valence-corrected chi connectivity index (χ4v) is 1.27. The zero-order chi connectivity index (χ0) is 11.8. The van der Waals surface area contributed by atoms with Crippen molar-refractivity contribution in [2.45, 2.75) is 6.18 Å². The molecule has 2 nitrogen and oxygen atoms in total. The Morgan fingerprint density at radius 2 is 1.81 bits per heavy atom. The summed E-state index contributed by atoms with van der Waals surface area (Å²) in [6, 6.07) is 6.29. The topological polar surface area (TPSA) is 28.7 Å². The maximum Gasteiger partial charge on any atom is 0.432 e. The highest BCUT2D eigenvalue weighted by molar-refractivity contribution is 5.60. The van der Waals surface area contributed by atoms with Crippen LogP contribution < -0.4 is 0 Å². The molecule has 1 aromatic carbocycles. The van der Waals surface area contributed by atoms with Crippen LogP contribution in [0.25, 0.3) is 11.3 Å². The summed E-state index contributed by atoms with van der Waals surface area (Å²) in [5, 5.41) is 5.26. The van der Waals surface area contributed by atoms with Crippen LogP contribution in [0.1, 0.15) is 5.69 Å². The highest BCUT2D eigenvalue weighted by Crippen LogP contribution is 2.30. The number of benzene rings is 1. The maximum atomic E-state index is 13.2. The molecule has 1 aromatic heterocycles. The summed E-state index contributed by atoms with van der Waals surface area (Å²) >= 11 is 0. The van der Waals surface area contributed by atoms with E-state index in [2.05, 4.69) is 5.10 Å². The Morgan fingerprint density at radius 1 is 1.12 bits per heavy atom. The minimum Gasteiger partial charge on any atom is -0.273 e. The molecule has 0 amide bonds. The zero-order valence-corrected chi connectivity index (χ0v) is 7.85. The van der Waals surface area contributed by atoms with Crippen molar-refractivity contribution < 1.29 is 17.6 Å². The number of H-pyrrole nitrogens is 1. The molecule has 0 unspecified atom stereocenters. The first kappa shape index (κ1) is 10.7. The first-order valence-electron chi connectivity index (χ1n) is 4.36. The molecule has 0 bridgehead atoms. The van der Waals surface area contributed by atoms with Gasteiger partial charge in [0.25, 0.3) is 0 Å². The first-order valence-corrected chi connectivity index (χ1v) is 4.36. The Hall–Kier alpha value is -1.85. The van der Waals surface area contributed by atoms with Gasteiger partial charge in [0.1, 0.15) is 11.5 Å². The van der Waals surface area contributed by atoms with Gasteiger partial charge in [-0.1, -0.05) is 12.1 Å². The standard InChI is InChI=1S/C10H6F4N2/c11-7-4-2-1-3-6(7)8-5-9(16-15-8)10(12,13)14/h1-5H,(H,15,16). The predicted molar refractivity (Wildman–Crippen MR) is 49.0 cm³/mol. The van der Waals surface area contributed by atoms with Gasteiger partial charge in [0.15, 0.2) is 0 Å². The molecule has 2 aromatic rings. The molecular weight excluding hydrogens is 224 g/mol. The summed E-state index contributed by atoms with van der Waals surface area (Å²) in [6.07, 6.45) is -4.50. The van der Waals surface area contributed by atoms with Crippen molar-refractivity contribution in [1.29, 1.82) is 0 Å². The monoisotopic (exact) mass is 230 g/mol. The van der Waals surface area contributed by atoms with Gasteiger partial charge >= 0.3 is 6.18 Å². The van der Waals surface area contributed by atoms with Gasteiger partial charge in [-0.15, -0.1) is 0 Å². The van der Waals surface area contributed by atoms with E-state index in [1.807, 2.05) is 5.10 Å². The first-order chi connectivity index (χ1) is 7.48. The normalized spacial score (nSPS) is 11.8. The molecule has 0 saturated carbocycles. The van der Waals surface area contributed by atoms with Crippen LogP contribution in [0.2, 0.25) is 0 Å². The quantitative estimate of drug-likeness (QED) is 0.748. The highest BCUT2D eigenvalue weighted by Gasteiger charge is 2.33. The van der Waals surface area contributed by atoms with E-state index in [1.54, 1.807) is 0 Å². The largest absolute Gasteiger partial charge is 0.432 e. The number of aromatic amines is 1. The molecule has 0 radical (unpaired) electrons. The average Bonchev–Trinajstić information content (AvgIpc) is 2.66. The number of rotatable bonds is 1. The van der Waals surface area contributed by atoms with E-state index in [9.17, 15) is 17.6 Å². The summed E-state index contributed by atoms with van der Waals surface area (Å²) in [5.41, 5.74) is -1.02. The maximum absolute atomic E-state index is 13.2. The van der Waals surface area contributed by atoms with Gasteiger partial charge in [0.05, 0.1) is 5.69 Å². The van der Waals surface area contributed by atoms with Crippen LogP contribution in [-0.2, 0) is 6.18 Å². The molecule has 1 heterocycles. The molecule has 2 rings (SSSR count). The molecule has 0 atom stereocenters. The second kappa shape index (κ2) is 3.62. The van der Waals surface area contributed by atoms with Crippen LogP contribution in [0.4, 0.5) is 17.6 Å². The second-order valence-corrected chi connectivity index (χ2v) is 3.14. The van der Waals surface area contributed by atoms with Crippen molar-refractivity contribution in [1.82, 2.24) is 10.2 Å². The SMILES string of the molecule is Fc1ccccc1-c1cc(C(F)(F)F)[nH]n1. The Bertz CT molecular complexity index is 502. The molecule has 0 aliphatic rings. The van der Waals surface area contributed by atoms with Crippen molar-refractivity contribution >= 4 is 0 Å². The molecule has 84 valence electrons. The third-order valence-corrected chi connectivity index (χ3v) is 2.03. The number of halogens is 4. The molecule has 6 heteroatoms. The van der Waals surface area contributed by atoms with E-state index in [4.69, 9.17) is 0 Å². The third kappa shape index (κ3) is 1.91. The zero-order valence-electron chi connectivity index (χ0n) is 7.85. The Labute approximate surface area is 87.9 Å². The Kier molecular flexibility index (Phi) is 2.41. The minimum atomic E-state index is -4.50. The van der Waals surface area contributed by atoms with Crippen molar-refractivity contribution in [3.05, 3.63) is 41.8 Å². The lowest BCUT2D eigenvalue weighted by Crippen LogP contribution is -2.04. The van der Waals surface area contributed by atoms with E-state index >= 15 is 0 Å². The van der Waals surface area contributed by atoms with Gasteiger partial charge in [0, 0.05) is 5.56 Å². The molecule has 0 aliphatic heterocycles. The fraction of sp³-hybridized carbons (Fsp3) is 0.100. The smallest absolute Gasteiger partial charge is 0.273 e. The molecule has 1 N–H and O–H groups in total. The van der Waals surface area contributed by atoms with E-state index in [1.165, 1.54) is 18.2 Å². The number of hydrogen-bond donors (Lipinski definition) is 1. The molecule has 0 fully saturated rings. The molecule has 16 heavy (non-hydrogen) atoms. The number of nitrogens with one attached hydrogen (secondary N) is 1. The fourth-order valence-electron chi connectivity index (χ4n) is 1.27. The molecular formula is C10H6F4N2. The summed E-state index contributed by atoms with van der Waals surface area (Å²) < 4.78 is 50.0. The molecule has 0 aliphatic carbocycles. The van der Waals surface area contributed by atoms with Crippen LogP contribution in [0.15, 0.2) is 30.3 Å². The van der Waals surface area contributed by atoms with Gasteiger partial charge in [0.2, 0.25) is 0 Å². The lowest BCUT2D eigenvalue weighted by molar-refractivity contribution is -0.141. The summed E-state index contributed by atoms with van der Waals surface area (Å²) in [7, 11) is 0. The second-order valence-electron chi connectivity index (χ2n) is 3.14. The predicted octanol–water partition coefficient (Wildman–Crippen LogP) is 3.23. The van der Waals surface area contributed by atoms with Crippen molar-refractivity contribution in [3.8, 4) is 11.3 Å². The van der Waals surface area contributed by atoms with Crippen LogP contribution in [0, 0.1) is 5.82 Å². The Morgan fingerprint density at radius 3 is 2.38 bits per heavy atom. The summed E-state index contributed by atoms with van der Waals surface area (Å²) in [5.74, 6) is -0.609. The minimum absolute atomic E-state index is 0.0363. The van der Waals surface area contributed by atoms with Crippen LogP contribution >= 0.6 is 0 Å².